The molecule has 0 heterocycles. The molecule has 2 N–H and O–H groups in total. The fourth-order valence-corrected chi connectivity index (χ4v) is 2.59. The van der Waals surface area contributed by atoms with Crippen molar-refractivity contribution in [2.24, 2.45) is 5.92 Å². The number of rotatable bonds is 3. The van der Waals surface area contributed by atoms with Gasteiger partial charge >= 0.3 is 5.97 Å². The van der Waals surface area contributed by atoms with Crippen LogP contribution in [0, 0.1) is 12.8 Å². The third-order valence-electron chi connectivity index (χ3n) is 3.83. The summed E-state index contributed by atoms with van der Waals surface area (Å²) in [4.78, 5) is 23.4. The van der Waals surface area contributed by atoms with Crippen LogP contribution < -0.4 is 5.32 Å². The number of carboxylic acid groups (broad SMARTS) is 1. The molecule has 1 aromatic rings. The van der Waals surface area contributed by atoms with E-state index in [1.807, 2.05) is 0 Å². The average molecular weight is 297 g/mol. The maximum absolute atomic E-state index is 13.1. The zero-order valence-electron chi connectivity index (χ0n) is 11.7. The molecule has 0 saturated heterocycles. The summed E-state index contributed by atoms with van der Waals surface area (Å²) in [5.41, 5.74) is 0.785. The molecule has 0 spiro atoms. The molecule has 0 aliphatic heterocycles. The predicted molar refractivity (Wildman–Crippen MR) is 73.7 cm³/mol. The number of nitrogens with one attached hydrogen (secondary N) is 1. The van der Waals surface area contributed by atoms with Crippen LogP contribution in [-0.2, 0) is 4.79 Å². The second-order valence-electron chi connectivity index (χ2n) is 5.42. The van der Waals surface area contributed by atoms with Gasteiger partial charge < -0.3 is 10.4 Å². The molecule has 6 heteroatoms. The Labute approximate surface area is 121 Å². The first kappa shape index (κ1) is 15.4. The Hall–Kier alpha value is -1.98. The van der Waals surface area contributed by atoms with E-state index >= 15 is 0 Å². The maximum atomic E-state index is 13.1. The minimum atomic E-state index is -2.69. The van der Waals surface area contributed by atoms with E-state index in [0.29, 0.717) is 5.56 Å². The van der Waals surface area contributed by atoms with Crippen LogP contribution in [0.25, 0.3) is 0 Å². The number of hydrogen-bond acceptors (Lipinski definition) is 2. The maximum Gasteiger partial charge on any atom is 0.338 e. The molecule has 21 heavy (non-hydrogen) atoms. The Morgan fingerprint density at radius 1 is 1.29 bits per heavy atom. The molecule has 1 aliphatic rings. The second-order valence-corrected chi connectivity index (χ2v) is 5.42. The zero-order chi connectivity index (χ0) is 15.6. The van der Waals surface area contributed by atoms with Gasteiger partial charge in [0.15, 0.2) is 0 Å². The number of aromatic carboxylic acids is 1. The number of carboxylic acids is 1. The van der Waals surface area contributed by atoms with Crippen molar-refractivity contribution in [3.05, 3.63) is 29.3 Å². The molecule has 1 amide bonds. The zero-order valence-corrected chi connectivity index (χ0v) is 11.7. The molecule has 114 valence electrons. The van der Waals surface area contributed by atoms with Gasteiger partial charge in [-0.15, -0.1) is 0 Å². The number of hydrogen-bond donors (Lipinski definition) is 2. The fraction of sp³-hybridized carbons (Fsp3) is 0.467. The van der Waals surface area contributed by atoms with Gasteiger partial charge in [-0.25, -0.2) is 13.6 Å². The molecular weight excluding hydrogens is 280 g/mol. The van der Waals surface area contributed by atoms with Crippen molar-refractivity contribution in [3.8, 4) is 0 Å². The minimum Gasteiger partial charge on any atom is -0.478 e. The molecule has 0 atom stereocenters. The van der Waals surface area contributed by atoms with Crippen LogP contribution in [0.2, 0.25) is 0 Å². The minimum absolute atomic E-state index is 0.0342. The van der Waals surface area contributed by atoms with Gasteiger partial charge in [0.2, 0.25) is 11.8 Å². The summed E-state index contributed by atoms with van der Waals surface area (Å²) in [5.74, 6) is -4.70. The molecule has 0 bridgehead atoms. The van der Waals surface area contributed by atoms with Crippen LogP contribution in [0.5, 0.6) is 0 Å². The van der Waals surface area contributed by atoms with Crippen molar-refractivity contribution in [1.82, 2.24) is 0 Å². The number of anilines is 1. The SMILES string of the molecule is Cc1cccc(NC(=O)C2CCC(F)(F)CC2)c1C(=O)O. The lowest BCUT2D eigenvalue weighted by molar-refractivity contribution is -0.124. The molecule has 1 fully saturated rings. The van der Waals surface area contributed by atoms with Crippen LogP contribution >= 0.6 is 0 Å². The highest BCUT2D eigenvalue weighted by Crippen LogP contribution is 2.36. The number of aryl methyl sites for hydroxylation is 1. The molecule has 1 aromatic carbocycles. The van der Waals surface area contributed by atoms with Crippen molar-refractivity contribution in [1.29, 1.82) is 0 Å². The Balaban J connectivity index is 2.11. The second kappa shape index (κ2) is 5.79. The number of benzene rings is 1. The van der Waals surface area contributed by atoms with E-state index in [1.165, 1.54) is 6.07 Å². The standard InChI is InChI=1S/C15H17F2NO3/c1-9-3-2-4-11(12(9)14(20)21)18-13(19)10-5-7-15(16,17)8-6-10/h2-4,10H,5-8H2,1H3,(H,18,19)(H,20,21). The molecule has 0 radical (unpaired) electrons. The summed E-state index contributed by atoms with van der Waals surface area (Å²) in [6, 6.07) is 4.79. The lowest BCUT2D eigenvalue weighted by Gasteiger charge is -2.27. The number of alkyl halides is 2. The smallest absolute Gasteiger partial charge is 0.338 e. The van der Waals surface area contributed by atoms with Gasteiger partial charge in [-0.05, 0) is 31.4 Å². The molecule has 1 saturated carbocycles. The molecule has 1 aliphatic carbocycles. The summed E-state index contributed by atoms with van der Waals surface area (Å²) in [6.45, 7) is 1.64. The van der Waals surface area contributed by atoms with Crippen LogP contribution in [0.3, 0.4) is 0 Å². The molecule has 0 aromatic heterocycles. The van der Waals surface area contributed by atoms with Gasteiger partial charge in [0, 0.05) is 18.8 Å². The Bertz CT molecular complexity index is 562. The highest BCUT2D eigenvalue weighted by molar-refractivity contribution is 6.02. The van der Waals surface area contributed by atoms with Gasteiger partial charge in [0.1, 0.15) is 0 Å². The number of amides is 1. The van der Waals surface area contributed by atoms with Gasteiger partial charge in [-0.3, -0.25) is 4.79 Å². The summed E-state index contributed by atoms with van der Waals surface area (Å²) in [7, 11) is 0. The fourth-order valence-electron chi connectivity index (χ4n) is 2.59. The summed E-state index contributed by atoms with van der Waals surface area (Å²) >= 11 is 0. The van der Waals surface area contributed by atoms with Gasteiger partial charge in [-0.2, -0.15) is 0 Å². The van der Waals surface area contributed by atoms with E-state index in [9.17, 15) is 23.5 Å². The van der Waals surface area contributed by atoms with E-state index in [1.54, 1.807) is 19.1 Å². The normalized spacial score (nSPS) is 18.2. The van der Waals surface area contributed by atoms with E-state index in [0.717, 1.165) is 0 Å². The first-order chi connectivity index (χ1) is 9.80. The molecule has 2 rings (SSSR count). The van der Waals surface area contributed by atoms with Crippen molar-refractivity contribution in [2.45, 2.75) is 38.5 Å². The van der Waals surface area contributed by atoms with E-state index in [-0.39, 0.29) is 36.9 Å². The quantitative estimate of drug-likeness (QED) is 0.898. The van der Waals surface area contributed by atoms with Gasteiger partial charge in [0.05, 0.1) is 11.3 Å². The van der Waals surface area contributed by atoms with Crippen molar-refractivity contribution in [2.75, 3.05) is 5.32 Å². The number of halogens is 2. The van der Waals surface area contributed by atoms with Crippen LogP contribution in [0.4, 0.5) is 14.5 Å². The largest absolute Gasteiger partial charge is 0.478 e. The molecule has 4 nitrogen and oxygen atoms in total. The monoisotopic (exact) mass is 297 g/mol. The van der Waals surface area contributed by atoms with E-state index in [4.69, 9.17) is 0 Å². The third kappa shape index (κ3) is 3.56. The highest BCUT2D eigenvalue weighted by Gasteiger charge is 2.37. The third-order valence-corrected chi connectivity index (χ3v) is 3.83. The Morgan fingerprint density at radius 3 is 2.48 bits per heavy atom. The van der Waals surface area contributed by atoms with Crippen LogP contribution in [0.15, 0.2) is 18.2 Å². The lowest BCUT2D eigenvalue weighted by atomic mass is 9.86. The Kier molecular flexibility index (Phi) is 4.25. The van der Waals surface area contributed by atoms with Crippen molar-refractivity contribution >= 4 is 17.6 Å². The van der Waals surface area contributed by atoms with E-state index in [2.05, 4.69) is 5.32 Å². The van der Waals surface area contributed by atoms with Crippen LogP contribution in [0.1, 0.15) is 41.6 Å². The average Bonchev–Trinajstić information content (AvgIpc) is 2.38. The van der Waals surface area contributed by atoms with Crippen molar-refractivity contribution < 1.29 is 23.5 Å². The number of carbonyl (C=O) groups is 2. The van der Waals surface area contributed by atoms with Crippen molar-refractivity contribution in [3.63, 3.8) is 0 Å². The predicted octanol–water partition coefficient (Wildman–Crippen LogP) is 3.46. The summed E-state index contributed by atoms with van der Waals surface area (Å²) in [5, 5.41) is 11.8. The van der Waals surface area contributed by atoms with E-state index < -0.39 is 23.7 Å². The molecule has 0 unspecified atom stereocenters. The van der Waals surface area contributed by atoms with Gasteiger partial charge in [-0.1, -0.05) is 12.1 Å². The highest BCUT2D eigenvalue weighted by atomic mass is 19.3. The summed E-state index contributed by atoms with van der Waals surface area (Å²) < 4.78 is 26.2. The molecular formula is C15H17F2NO3. The number of carbonyl (C=O) groups excluding carboxylic acids is 1. The van der Waals surface area contributed by atoms with Crippen LogP contribution in [-0.4, -0.2) is 22.9 Å². The first-order valence-electron chi connectivity index (χ1n) is 6.82. The first-order valence-corrected chi connectivity index (χ1v) is 6.82. The Morgan fingerprint density at radius 2 is 1.90 bits per heavy atom. The summed E-state index contributed by atoms with van der Waals surface area (Å²) in [6.07, 6.45) is -0.366. The topological polar surface area (TPSA) is 66.4 Å². The van der Waals surface area contributed by atoms with Gasteiger partial charge in [0.25, 0.3) is 0 Å². The lowest BCUT2D eigenvalue weighted by Crippen LogP contribution is -2.32.